The van der Waals surface area contributed by atoms with Crippen LogP contribution in [0.5, 0.6) is 0 Å². The zero-order valence-electron chi connectivity index (χ0n) is 15.1. The SMILES string of the molecule is CCC1CN(C(=O)C2CCC(C(=O)O)CC2)CCC1c1ccccc1. The van der Waals surface area contributed by atoms with E-state index in [1.165, 1.54) is 5.56 Å². The van der Waals surface area contributed by atoms with Crippen LogP contribution in [0.25, 0.3) is 0 Å². The van der Waals surface area contributed by atoms with Gasteiger partial charge in [-0.15, -0.1) is 0 Å². The van der Waals surface area contributed by atoms with Crippen molar-refractivity contribution in [2.45, 2.75) is 51.4 Å². The van der Waals surface area contributed by atoms with E-state index in [1.54, 1.807) is 0 Å². The molecule has 0 bridgehead atoms. The number of amides is 1. The molecule has 1 amide bonds. The van der Waals surface area contributed by atoms with E-state index in [1.807, 2.05) is 0 Å². The van der Waals surface area contributed by atoms with Crippen molar-refractivity contribution >= 4 is 11.9 Å². The predicted molar refractivity (Wildman–Crippen MR) is 97.2 cm³/mol. The molecule has 2 unspecified atom stereocenters. The van der Waals surface area contributed by atoms with Crippen LogP contribution in [0.15, 0.2) is 30.3 Å². The van der Waals surface area contributed by atoms with Gasteiger partial charge in [0, 0.05) is 19.0 Å². The van der Waals surface area contributed by atoms with E-state index in [9.17, 15) is 9.59 Å². The molecule has 4 nitrogen and oxygen atoms in total. The van der Waals surface area contributed by atoms with Crippen LogP contribution >= 0.6 is 0 Å². The number of hydrogen-bond acceptors (Lipinski definition) is 2. The predicted octanol–water partition coefficient (Wildman–Crippen LogP) is 3.92. The summed E-state index contributed by atoms with van der Waals surface area (Å²) in [6.07, 6.45) is 4.84. The number of carbonyl (C=O) groups is 2. The van der Waals surface area contributed by atoms with E-state index in [2.05, 4.69) is 42.2 Å². The fraction of sp³-hybridized carbons (Fsp3) is 0.619. The Bertz CT molecular complexity index is 592. The third-order valence-corrected chi connectivity index (χ3v) is 6.22. The lowest BCUT2D eigenvalue weighted by molar-refractivity contribution is -0.146. The van der Waals surface area contributed by atoms with Crippen LogP contribution in [0.2, 0.25) is 0 Å². The maximum atomic E-state index is 12.9. The molecule has 1 saturated heterocycles. The minimum absolute atomic E-state index is 0.0291. The van der Waals surface area contributed by atoms with Crippen LogP contribution in [-0.2, 0) is 9.59 Å². The second-order valence-electron chi connectivity index (χ2n) is 7.65. The molecule has 0 radical (unpaired) electrons. The number of carbonyl (C=O) groups excluding carboxylic acids is 1. The van der Waals surface area contributed by atoms with E-state index >= 15 is 0 Å². The Hall–Kier alpha value is -1.84. The normalized spacial score (nSPS) is 30.0. The van der Waals surface area contributed by atoms with Crippen LogP contribution < -0.4 is 0 Å². The average Bonchev–Trinajstić information content (AvgIpc) is 2.67. The first-order valence-corrected chi connectivity index (χ1v) is 9.66. The van der Waals surface area contributed by atoms with Gasteiger partial charge in [-0.3, -0.25) is 9.59 Å². The van der Waals surface area contributed by atoms with Gasteiger partial charge in [-0.05, 0) is 49.5 Å². The third-order valence-electron chi connectivity index (χ3n) is 6.22. The molecule has 1 saturated carbocycles. The third kappa shape index (κ3) is 4.05. The number of piperidine rings is 1. The lowest BCUT2D eigenvalue weighted by Crippen LogP contribution is -2.46. The second kappa shape index (κ2) is 8.03. The van der Waals surface area contributed by atoms with Gasteiger partial charge >= 0.3 is 5.97 Å². The van der Waals surface area contributed by atoms with Crippen molar-refractivity contribution in [3.05, 3.63) is 35.9 Å². The number of carboxylic acid groups (broad SMARTS) is 1. The van der Waals surface area contributed by atoms with Crippen molar-refractivity contribution in [1.82, 2.24) is 4.90 Å². The highest BCUT2D eigenvalue weighted by atomic mass is 16.4. The highest BCUT2D eigenvalue weighted by molar-refractivity contribution is 5.79. The molecule has 0 spiro atoms. The van der Waals surface area contributed by atoms with Crippen LogP contribution in [0.3, 0.4) is 0 Å². The number of rotatable bonds is 4. The summed E-state index contributed by atoms with van der Waals surface area (Å²) in [4.78, 5) is 26.1. The van der Waals surface area contributed by atoms with Gasteiger partial charge in [0.25, 0.3) is 0 Å². The molecular formula is C21H29NO3. The number of benzene rings is 1. The number of likely N-dealkylation sites (tertiary alicyclic amines) is 1. The fourth-order valence-electron chi connectivity index (χ4n) is 4.63. The molecule has 25 heavy (non-hydrogen) atoms. The molecule has 3 rings (SSSR count). The Morgan fingerprint density at radius 3 is 2.28 bits per heavy atom. The number of nitrogens with zero attached hydrogens (tertiary/aromatic N) is 1. The molecule has 1 aliphatic heterocycles. The Kier molecular flexibility index (Phi) is 5.77. The number of aliphatic carboxylic acids is 1. The maximum absolute atomic E-state index is 12.9. The Balaban J connectivity index is 1.60. The van der Waals surface area contributed by atoms with Crippen molar-refractivity contribution in [3.8, 4) is 0 Å². The smallest absolute Gasteiger partial charge is 0.306 e. The van der Waals surface area contributed by atoms with E-state index in [0.29, 0.717) is 24.7 Å². The molecular weight excluding hydrogens is 314 g/mol. The van der Waals surface area contributed by atoms with Crippen LogP contribution in [-0.4, -0.2) is 35.0 Å². The van der Waals surface area contributed by atoms with E-state index in [0.717, 1.165) is 38.8 Å². The van der Waals surface area contributed by atoms with E-state index < -0.39 is 5.97 Å². The number of hydrogen-bond donors (Lipinski definition) is 1. The molecule has 4 heteroatoms. The molecule has 136 valence electrons. The summed E-state index contributed by atoms with van der Waals surface area (Å²) in [7, 11) is 0. The molecule has 1 N–H and O–H groups in total. The summed E-state index contributed by atoms with van der Waals surface area (Å²) in [5.41, 5.74) is 1.39. The van der Waals surface area contributed by atoms with Gasteiger partial charge < -0.3 is 10.0 Å². The van der Waals surface area contributed by atoms with Gasteiger partial charge in [-0.2, -0.15) is 0 Å². The van der Waals surface area contributed by atoms with E-state index in [-0.39, 0.29) is 17.7 Å². The zero-order valence-corrected chi connectivity index (χ0v) is 15.1. The molecule has 2 aliphatic rings. The van der Waals surface area contributed by atoms with E-state index in [4.69, 9.17) is 5.11 Å². The maximum Gasteiger partial charge on any atom is 0.306 e. The minimum Gasteiger partial charge on any atom is -0.481 e. The Morgan fingerprint density at radius 1 is 1.04 bits per heavy atom. The molecule has 2 fully saturated rings. The van der Waals surface area contributed by atoms with Gasteiger partial charge in [0.2, 0.25) is 5.91 Å². The summed E-state index contributed by atoms with van der Waals surface area (Å²) in [6, 6.07) is 10.7. The van der Waals surface area contributed by atoms with Crippen molar-refractivity contribution in [1.29, 1.82) is 0 Å². The summed E-state index contributed by atoms with van der Waals surface area (Å²) in [5.74, 6) is 0.375. The standard InChI is InChI=1S/C21H29NO3/c1-2-15-14-22(13-12-19(15)16-6-4-3-5-7-16)20(23)17-8-10-18(11-9-17)21(24)25/h3-7,15,17-19H,2,8-14H2,1H3,(H,24,25). The fourth-order valence-corrected chi connectivity index (χ4v) is 4.63. The zero-order chi connectivity index (χ0) is 17.8. The lowest BCUT2D eigenvalue weighted by Gasteiger charge is -2.40. The molecule has 2 atom stereocenters. The highest BCUT2D eigenvalue weighted by Gasteiger charge is 2.36. The van der Waals surface area contributed by atoms with Gasteiger partial charge in [-0.1, -0.05) is 43.7 Å². The van der Waals surface area contributed by atoms with Gasteiger partial charge in [0.05, 0.1) is 5.92 Å². The molecule has 1 heterocycles. The summed E-state index contributed by atoms with van der Waals surface area (Å²) >= 11 is 0. The second-order valence-corrected chi connectivity index (χ2v) is 7.65. The molecule has 1 aliphatic carbocycles. The summed E-state index contributed by atoms with van der Waals surface area (Å²) < 4.78 is 0. The van der Waals surface area contributed by atoms with Crippen LogP contribution in [0.4, 0.5) is 0 Å². The molecule has 1 aromatic rings. The monoisotopic (exact) mass is 343 g/mol. The molecule has 1 aromatic carbocycles. The molecule has 0 aromatic heterocycles. The van der Waals surface area contributed by atoms with Crippen molar-refractivity contribution in [3.63, 3.8) is 0 Å². The van der Waals surface area contributed by atoms with Crippen molar-refractivity contribution < 1.29 is 14.7 Å². The topological polar surface area (TPSA) is 57.6 Å². The number of carboxylic acids is 1. The quantitative estimate of drug-likeness (QED) is 0.901. The highest BCUT2D eigenvalue weighted by Crippen LogP contribution is 2.37. The van der Waals surface area contributed by atoms with Crippen LogP contribution in [0, 0.1) is 17.8 Å². The first-order chi connectivity index (χ1) is 12.1. The lowest BCUT2D eigenvalue weighted by atomic mass is 9.77. The first-order valence-electron chi connectivity index (χ1n) is 9.66. The Labute approximate surface area is 150 Å². The van der Waals surface area contributed by atoms with Gasteiger partial charge in [0.15, 0.2) is 0 Å². The van der Waals surface area contributed by atoms with Crippen molar-refractivity contribution in [2.24, 2.45) is 17.8 Å². The first kappa shape index (κ1) is 18.0. The average molecular weight is 343 g/mol. The van der Waals surface area contributed by atoms with Gasteiger partial charge in [0.1, 0.15) is 0 Å². The summed E-state index contributed by atoms with van der Waals surface area (Å²) in [6.45, 7) is 3.88. The Morgan fingerprint density at radius 2 is 1.68 bits per heavy atom. The van der Waals surface area contributed by atoms with Crippen LogP contribution in [0.1, 0.15) is 56.9 Å². The largest absolute Gasteiger partial charge is 0.481 e. The van der Waals surface area contributed by atoms with Gasteiger partial charge in [-0.25, -0.2) is 0 Å². The van der Waals surface area contributed by atoms with Crippen molar-refractivity contribution in [2.75, 3.05) is 13.1 Å². The summed E-state index contributed by atoms with van der Waals surface area (Å²) in [5, 5.41) is 9.12. The minimum atomic E-state index is -0.708.